The number of carbonyl (C=O) groups excluding carboxylic acids is 2. The van der Waals surface area contributed by atoms with Gasteiger partial charge in [0.1, 0.15) is 18.4 Å². The normalized spacial score (nSPS) is 14.9. The molecular weight excluding hydrogens is 414 g/mol. The monoisotopic (exact) mass is 444 g/mol. The Labute approximate surface area is 187 Å². The standard InChI is InChI=1S/C23H28F2N4O.CH2O/c1-3-4-5-18(14-26-2)22-20(24)10-19(11-21(22)25)17-6-8-29(9-7-17)23-27-12-16(15-30)13-28-23;1-2/h3,10-13,15,17-18,26H,1,4-9,14H2,2H3;1H2. The molecule has 0 bridgehead atoms. The number of halogens is 2. The molecule has 1 atom stereocenters. The molecule has 1 saturated heterocycles. The van der Waals surface area contributed by atoms with Crippen molar-refractivity contribution in [2.75, 3.05) is 31.6 Å². The predicted octanol–water partition coefficient (Wildman–Crippen LogP) is 4.04. The second-order valence-electron chi connectivity index (χ2n) is 7.71. The van der Waals surface area contributed by atoms with Gasteiger partial charge in [0.2, 0.25) is 5.95 Å². The number of hydrogen-bond donors (Lipinski definition) is 1. The molecule has 1 N–H and O–H groups in total. The first kappa shape index (κ1) is 25.3. The van der Waals surface area contributed by atoms with Crippen molar-refractivity contribution >= 4 is 19.0 Å². The van der Waals surface area contributed by atoms with E-state index in [-0.39, 0.29) is 17.4 Å². The number of aromatic nitrogens is 2. The van der Waals surface area contributed by atoms with Crippen LogP contribution < -0.4 is 10.2 Å². The van der Waals surface area contributed by atoms with Crippen LogP contribution in [-0.4, -0.2) is 49.7 Å². The number of benzene rings is 1. The summed E-state index contributed by atoms with van der Waals surface area (Å²) < 4.78 is 29.9. The average Bonchev–Trinajstić information content (AvgIpc) is 2.83. The highest BCUT2D eigenvalue weighted by molar-refractivity contribution is 5.73. The molecule has 172 valence electrons. The number of aldehydes is 1. The van der Waals surface area contributed by atoms with E-state index in [1.165, 1.54) is 24.5 Å². The van der Waals surface area contributed by atoms with E-state index in [2.05, 4.69) is 21.9 Å². The largest absolute Gasteiger partial charge is 0.341 e. The van der Waals surface area contributed by atoms with Crippen molar-refractivity contribution in [3.63, 3.8) is 0 Å². The second kappa shape index (κ2) is 12.8. The van der Waals surface area contributed by atoms with Crippen LogP contribution in [0.2, 0.25) is 0 Å². The van der Waals surface area contributed by atoms with Gasteiger partial charge in [-0.2, -0.15) is 0 Å². The summed E-state index contributed by atoms with van der Waals surface area (Å²) in [5, 5.41) is 3.03. The van der Waals surface area contributed by atoms with Crippen molar-refractivity contribution in [3.05, 3.63) is 65.5 Å². The highest BCUT2D eigenvalue weighted by atomic mass is 19.1. The molecule has 0 spiro atoms. The van der Waals surface area contributed by atoms with Crippen LogP contribution in [0.1, 0.15) is 59.0 Å². The van der Waals surface area contributed by atoms with Crippen molar-refractivity contribution in [2.45, 2.75) is 37.5 Å². The molecule has 1 aromatic carbocycles. The van der Waals surface area contributed by atoms with Crippen LogP contribution in [0.15, 0.2) is 37.2 Å². The van der Waals surface area contributed by atoms with E-state index in [0.29, 0.717) is 55.8 Å². The van der Waals surface area contributed by atoms with Gasteiger partial charge in [0.05, 0.1) is 5.56 Å². The molecule has 2 heterocycles. The lowest BCUT2D eigenvalue weighted by molar-refractivity contribution is -0.0980. The number of nitrogens with one attached hydrogen (secondary N) is 1. The number of carbonyl (C=O) groups is 2. The minimum Gasteiger partial charge on any atom is -0.341 e. The first-order valence-electron chi connectivity index (χ1n) is 10.6. The molecule has 2 aromatic rings. The Balaban J connectivity index is 0.00000176. The van der Waals surface area contributed by atoms with Crippen molar-refractivity contribution < 1.29 is 18.4 Å². The maximum atomic E-state index is 14.9. The van der Waals surface area contributed by atoms with Crippen LogP contribution >= 0.6 is 0 Å². The lowest BCUT2D eigenvalue weighted by Gasteiger charge is -2.32. The van der Waals surface area contributed by atoms with Crippen LogP contribution in [0.4, 0.5) is 14.7 Å². The molecule has 0 amide bonds. The number of rotatable bonds is 9. The highest BCUT2D eigenvalue weighted by Gasteiger charge is 2.26. The van der Waals surface area contributed by atoms with E-state index in [0.717, 1.165) is 12.8 Å². The average molecular weight is 445 g/mol. The van der Waals surface area contributed by atoms with Crippen molar-refractivity contribution in [1.29, 1.82) is 0 Å². The van der Waals surface area contributed by atoms with Gasteiger partial charge in [0.15, 0.2) is 6.29 Å². The molecule has 1 aromatic heterocycles. The van der Waals surface area contributed by atoms with Gasteiger partial charge in [-0.25, -0.2) is 18.7 Å². The van der Waals surface area contributed by atoms with Crippen molar-refractivity contribution in [2.24, 2.45) is 0 Å². The Morgan fingerprint density at radius 1 is 1.19 bits per heavy atom. The van der Waals surface area contributed by atoms with E-state index in [1.807, 2.05) is 11.7 Å². The third kappa shape index (κ3) is 6.26. The Hall–Kier alpha value is -3.00. The first-order valence-corrected chi connectivity index (χ1v) is 10.6. The Bertz CT molecular complexity index is 861. The molecule has 6 nitrogen and oxygen atoms in total. The molecule has 1 unspecified atom stereocenters. The number of hydrogen-bond acceptors (Lipinski definition) is 6. The summed E-state index contributed by atoms with van der Waals surface area (Å²) in [7, 11) is 1.79. The fourth-order valence-electron chi connectivity index (χ4n) is 4.11. The topological polar surface area (TPSA) is 75.2 Å². The van der Waals surface area contributed by atoms with Crippen LogP contribution in [-0.2, 0) is 4.79 Å². The lowest BCUT2D eigenvalue weighted by atomic mass is 9.86. The number of allylic oxidation sites excluding steroid dienone is 1. The van der Waals surface area contributed by atoms with E-state index < -0.39 is 11.6 Å². The molecule has 0 radical (unpaired) electrons. The molecule has 8 heteroatoms. The van der Waals surface area contributed by atoms with Gasteiger partial charge in [-0.15, -0.1) is 6.58 Å². The Morgan fingerprint density at radius 2 is 1.78 bits per heavy atom. The first-order chi connectivity index (χ1) is 15.6. The molecule has 0 saturated carbocycles. The Morgan fingerprint density at radius 3 is 2.28 bits per heavy atom. The highest BCUT2D eigenvalue weighted by Crippen LogP contribution is 2.34. The number of anilines is 1. The summed E-state index contributed by atoms with van der Waals surface area (Å²) >= 11 is 0. The minimum atomic E-state index is -0.468. The number of nitrogens with zero attached hydrogens (tertiary/aromatic N) is 3. The van der Waals surface area contributed by atoms with E-state index in [1.54, 1.807) is 13.1 Å². The molecule has 32 heavy (non-hydrogen) atoms. The summed E-state index contributed by atoms with van der Waals surface area (Å²) in [6.45, 7) is 7.61. The van der Waals surface area contributed by atoms with E-state index >= 15 is 0 Å². The fourth-order valence-corrected chi connectivity index (χ4v) is 4.11. The molecule has 1 fully saturated rings. The molecule has 0 aliphatic carbocycles. The van der Waals surface area contributed by atoms with Gasteiger partial charge in [-0.1, -0.05) is 6.08 Å². The van der Waals surface area contributed by atoms with E-state index in [9.17, 15) is 13.6 Å². The van der Waals surface area contributed by atoms with E-state index in [4.69, 9.17) is 4.79 Å². The summed E-state index contributed by atoms with van der Waals surface area (Å²) in [6, 6.07) is 3.01. The van der Waals surface area contributed by atoms with Crippen molar-refractivity contribution in [3.8, 4) is 0 Å². The summed E-state index contributed by atoms with van der Waals surface area (Å²) in [4.78, 5) is 29.2. The summed E-state index contributed by atoms with van der Waals surface area (Å²) in [5.74, 6) is -0.502. The van der Waals surface area contributed by atoms with Gasteiger partial charge >= 0.3 is 0 Å². The van der Waals surface area contributed by atoms with Gasteiger partial charge in [0, 0.05) is 43.5 Å². The van der Waals surface area contributed by atoms with Crippen LogP contribution in [0.25, 0.3) is 0 Å². The second-order valence-corrected chi connectivity index (χ2v) is 7.71. The van der Waals surface area contributed by atoms with Crippen LogP contribution in [0, 0.1) is 11.6 Å². The van der Waals surface area contributed by atoms with Gasteiger partial charge in [-0.3, -0.25) is 4.79 Å². The maximum Gasteiger partial charge on any atom is 0.225 e. The zero-order chi connectivity index (χ0) is 23.5. The van der Waals surface area contributed by atoms with Gasteiger partial charge in [-0.05, 0) is 56.3 Å². The molecular formula is C24H30F2N4O2. The SMILES string of the molecule is C=CCCC(CNC)c1c(F)cc(C2CCN(c3ncc(C=O)cn3)CC2)cc1F.C=O. The van der Waals surface area contributed by atoms with Crippen LogP contribution in [0.5, 0.6) is 0 Å². The molecule has 3 rings (SSSR count). The third-order valence-electron chi connectivity index (χ3n) is 5.72. The smallest absolute Gasteiger partial charge is 0.225 e. The summed E-state index contributed by atoms with van der Waals surface area (Å²) in [6.07, 6.45) is 8.36. The van der Waals surface area contributed by atoms with Crippen LogP contribution in [0.3, 0.4) is 0 Å². The third-order valence-corrected chi connectivity index (χ3v) is 5.72. The zero-order valence-corrected chi connectivity index (χ0v) is 18.4. The lowest BCUT2D eigenvalue weighted by Crippen LogP contribution is -2.34. The molecule has 1 aliphatic rings. The molecule has 1 aliphatic heterocycles. The fraction of sp³-hybridized carbons (Fsp3) is 0.417. The number of likely N-dealkylation sites (N-methyl/N-ethyl adjacent to an activating group) is 1. The number of piperidine rings is 1. The quantitative estimate of drug-likeness (QED) is 0.465. The Kier molecular flexibility index (Phi) is 10.1. The minimum absolute atomic E-state index is 0.0875. The van der Waals surface area contributed by atoms with Gasteiger partial charge in [0.25, 0.3) is 0 Å². The summed E-state index contributed by atoms with van der Waals surface area (Å²) in [5.41, 5.74) is 1.30. The van der Waals surface area contributed by atoms with Crippen molar-refractivity contribution in [1.82, 2.24) is 15.3 Å². The zero-order valence-electron chi connectivity index (χ0n) is 18.4. The maximum absolute atomic E-state index is 14.9. The predicted molar refractivity (Wildman–Crippen MR) is 121 cm³/mol. The van der Waals surface area contributed by atoms with Gasteiger partial charge < -0.3 is 15.0 Å².